The summed E-state index contributed by atoms with van der Waals surface area (Å²) in [5.41, 5.74) is 0. The van der Waals surface area contributed by atoms with Gasteiger partial charge in [0.2, 0.25) is 0 Å². The van der Waals surface area contributed by atoms with Crippen molar-refractivity contribution >= 4 is 58.8 Å². The monoisotopic (exact) mass is 238 g/mol. The van der Waals surface area contributed by atoms with Crippen molar-refractivity contribution in [1.82, 2.24) is 0 Å². The highest BCUT2D eigenvalue weighted by Crippen LogP contribution is 2.74. The number of rotatable bonds is 2. The fourth-order valence-electron chi connectivity index (χ4n) is 1.41. The highest BCUT2D eigenvalue weighted by atomic mass is 32.3. The van der Waals surface area contributed by atoms with Crippen molar-refractivity contribution in [3.05, 3.63) is 0 Å². The van der Waals surface area contributed by atoms with E-state index in [2.05, 4.69) is 58.8 Å². The number of thioether (sulfide) groups is 5. The molecular formula is C6H6S5. The van der Waals surface area contributed by atoms with Crippen LogP contribution in [0.1, 0.15) is 0 Å². The topological polar surface area (TPSA) is 0 Å². The Morgan fingerprint density at radius 3 is 1.55 bits per heavy atom. The molecule has 0 N–H and O–H groups in total. The van der Waals surface area contributed by atoms with Gasteiger partial charge in [-0.3, -0.25) is 0 Å². The molecule has 0 nitrogen and oxygen atoms in total. The summed E-state index contributed by atoms with van der Waals surface area (Å²) in [5.74, 6) is 0. The van der Waals surface area contributed by atoms with E-state index in [4.69, 9.17) is 0 Å². The minimum atomic E-state index is 0.977. The van der Waals surface area contributed by atoms with Gasteiger partial charge in [0.1, 0.15) is 0 Å². The molecule has 4 aliphatic rings. The predicted molar refractivity (Wildman–Crippen MR) is 60.7 cm³/mol. The standard InChI is InChI=1S/C6H6S5/c7-1-3(7)9-5(1)11-6-2-4(8-2)10-6/h1-6H. The maximum Gasteiger partial charge on any atom is 0.0663 e. The molecule has 0 radical (unpaired) electrons. The van der Waals surface area contributed by atoms with Crippen molar-refractivity contribution in [2.75, 3.05) is 0 Å². The second kappa shape index (κ2) is 2.22. The van der Waals surface area contributed by atoms with Crippen molar-refractivity contribution in [3.63, 3.8) is 0 Å². The van der Waals surface area contributed by atoms with E-state index < -0.39 is 0 Å². The summed E-state index contributed by atoms with van der Waals surface area (Å²) in [4.78, 5) is 0. The van der Waals surface area contributed by atoms with Crippen molar-refractivity contribution in [1.29, 1.82) is 0 Å². The van der Waals surface area contributed by atoms with Gasteiger partial charge in [-0.2, -0.15) is 0 Å². The third-order valence-corrected chi connectivity index (χ3v) is 11.6. The van der Waals surface area contributed by atoms with Gasteiger partial charge in [0.25, 0.3) is 0 Å². The van der Waals surface area contributed by atoms with Crippen LogP contribution in [-0.2, 0) is 0 Å². The maximum atomic E-state index is 2.26. The number of hydrogen-bond acceptors (Lipinski definition) is 5. The summed E-state index contributed by atoms with van der Waals surface area (Å²) in [5, 5.41) is 2.13. The molecular weight excluding hydrogens is 232 g/mol. The van der Waals surface area contributed by atoms with E-state index in [0.29, 0.717) is 0 Å². The summed E-state index contributed by atoms with van der Waals surface area (Å²) in [7, 11) is 0. The lowest BCUT2D eigenvalue weighted by molar-refractivity contribution is 1.06. The van der Waals surface area contributed by atoms with E-state index in [1.54, 1.807) is 0 Å². The van der Waals surface area contributed by atoms with E-state index in [-0.39, 0.29) is 0 Å². The highest BCUT2D eigenvalue weighted by Gasteiger charge is 2.62. The zero-order valence-electron chi connectivity index (χ0n) is 5.51. The van der Waals surface area contributed by atoms with E-state index in [9.17, 15) is 0 Å². The van der Waals surface area contributed by atoms with Crippen LogP contribution >= 0.6 is 58.8 Å². The van der Waals surface area contributed by atoms with Crippen LogP contribution in [0.25, 0.3) is 0 Å². The molecule has 6 unspecified atom stereocenters. The molecule has 4 aliphatic heterocycles. The molecule has 5 heteroatoms. The van der Waals surface area contributed by atoms with Crippen molar-refractivity contribution < 1.29 is 0 Å². The van der Waals surface area contributed by atoms with E-state index in [1.807, 2.05) is 0 Å². The van der Waals surface area contributed by atoms with Crippen molar-refractivity contribution in [2.24, 2.45) is 0 Å². The molecule has 0 aromatic carbocycles. The highest BCUT2D eigenvalue weighted by molar-refractivity contribution is 8.39. The normalized spacial score (nSPS) is 68.7. The van der Waals surface area contributed by atoms with Crippen LogP contribution in [0.3, 0.4) is 0 Å². The fourth-order valence-corrected chi connectivity index (χ4v) is 11.6. The van der Waals surface area contributed by atoms with Gasteiger partial charge in [0, 0.05) is 10.5 Å². The van der Waals surface area contributed by atoms with Gasteiger partial charge in [0.05, 0.1) is 18.3 Å². The molecule has 4 fully saturated rings. The first-order valence-corrected chi connectivity index (χ1v) is 8.40. The molecule has 60 valence electrons. The van der Waals surface area contributed by atoms with Crippen molar-refractivity contribution in [2.45, 2.75) is 28.8 Å². The van der Waals surface area contributed by atoms with Gasteiger partial charge >= 0.3 is 0 Å². The Kier molecular flexibility index (Phi) is 1.43. The van der Waals surface area contributed by atoms with Crippen molar-refractivity contribution in [3.8, 4) is 0 Å². The van der Waals surface area contributed by atoms with Gasteiger partial charge in [-0.1, -0.05) is 0 Å². The lowest BCUT2D eigenvalue weighted by Gasteiger charge is -2.29. The van der Waals surface area contributed by atoms with Crippen LogP contribution < -0.4 is 0 Å². The number of fused-ring (bicyclic) bond motifs is 2. The molecule has 4 heterocycles. The average Bonchev–Trinajstić information content (AvgIpc) is 2.75. The summed E-state index contributed by atoms with van der Waals surface area (Å²) in [6, 6.07) is 0. The molecule has 0 aromatic rings. The van der Waals surface area contributed by atoms with E-state index >= 15 is 0 Å². The molecule has 4 rings (SSSR count). The summed E-state index contributed by atoms with van der Waals surface area (Å²) >= 11 is 11.0. The first-order valence-electron chi connectivity index (χ1n) is 3.69. The third kappa shape index (κ3) is 0.981. The fraction of sp³-hybridized carbons (Fsp3) is 1.00. The smallest absolute Gasteiger partial charge is 0.0663 e. The largest absolute Gasteiger partial charge is 0.139 e. The maximum absolute atomic E-state index is 2.26. The van der Waals surface area contributed by atoms with Gasteiger partial charge in [-0.05, 0) is 0 Å². The van der Waals surface area contributed by atoms with Crippen LogP contribution in [0.15, 0.2) is 0 Å². The average molecular weight is 238 g/mol. The second-order valence-corrected chi connectivity index (χ2v) is 10.8. The Morgan fingerprint density at radius 1 is 0.727 bits per heavy atom. The van der Waals surface area contributed by atoms with Crippen LogP contribution in [0.2, 0.25) is 0 Å². The van der Waals surface area contributed by atoms with Crippen LogP contribution in [0.4, 0.5) is 0 Å². The number of hydrogen-bond donors (Lipinski definition) is 0. The van der Waals surface area contributed by atoms with Gasteiger partial charge < -0.3 is 0 Å². The molecule has 0 spiro atoms. The molecule has 0 aliphatic carbocycles. The SMILES string of the molecule is S(C1SC2SC12)C1SC2SC12. The van der Waals surface area contributed by atoms with E-state index in [0.717, 1.165) is 28.8 Å². The van der Waals surface area contributed by atoms with E-state index in [1.165, 1.54) is 0 Å². The lowest BCUT2D eigenvalue weighted by Crippen LogP contribution is -2.27. The molecule has 0 bridgehead atoms. The van der Waals surface area contributed by atoms with Crippen LogP contribution in [0.5, 0.6) is 0 Å². The molecule has 6 atom stereocenters. The quantitative estimate of drug-likeness (QED) is 0.676. The Morgan fingerprint density at radius 2 is 1.27 bits per heavy atom. The molecule has 4 saturated heterocycles. The second-order valence-electron chi connectivity index (χ2n) is 3.08. The zero-order chi connectivity index (χ0) is 7.00. The van der Waals surface area contributed by atoms with Gasteiger partial charge in [-0.25, -0.2) is 0 Å². The lowest BCUT2D eigenvalue weighted by atomic mass is 10.5. The first kappa shape index (κ1) is 7.10. The van der Waals surface area contributed by atoms with Gasteiger partial charge in [0.15, 0.2) is 0 Å². The molecule has 0 saturated carbocycles. The van der Waals surface area contributed by atoms with Gasteiger partial charge in [-0.15, -0.1) is 58.8 Å². The third-order valence-electron chi connectivity index (χ3n) is 2.31. The minimum absolute atomic E-state index is 0.977. The molecule has 0 aromatic heterocycles. The van der Waals surface area contributed by atoms with Crippen LogP contribution in [0, 0.1) is 0 Å². The summed E-state index contributed by atoms with van der Waals surface area (Å²) < 4.78 is 4.01. The Labute approximate surface area is 87.2 Å². The Hall–Kier alpha value is 1.75. The molecule has 11 heavy (non-hydrogen) atoms. The predicted octanol–water partition coefficient (Wildman–Crippen LogP) is 2.75. The minimum Gasteiger partial charge on any atom is -0.139 e. The van der Waals surface area contributed by atoms with Crippen LogP contribution in [-0.4, -0.2) is 28.8 Å². The summed E-state index contributed by atoms with van der Waals surface area (Å²) in [6.45, 7) is 0. The zero-order valence-corrected chi connectivity index (χ0v) is 9.59. The first-order chi connectivity index (χ1) is 5.42. The summed E-state index contributed by atoms with van der Waals surface area (Å²) in [6.07, 6.45) is 0. The Bertz CT molecular complexity index is 197. The Balaban J connectivity index is 1.39. The molecule has 0 amide bonds.